The minimum absolute atomic E-state index is 0.00185. The van der Waals surface area contributed by atoms with Crippen molar-refractivity contribution in [2.45, 2.75) is 31.8 Å². The van der Waals surface area contributed by atoms with Gasteiger partial charge >= 0.3 is 5.97 Å². The van der Waals surface area contributed by atoms with Crippen molar-refractivity contribution in [3.05, 3.63) is 11.4 Å². The second-order valence-electron chi connectivity index (χ2n) is 3.70. The lowest BCUT2D eigenvalue weighted by molar-refractivity contribution is 0.0682. The Morgan fingerprint density at radius 3 is 3.07 bits per heavy atom. The summed E-state index contributed by atoms with van der Waals surface area (Å²) in [5.41, 5.74) is 0.479. The Morgan fingerprint density at radius 1 is 1.67 bits per heavy atom. The molecule has 2 rings (SSSR count). The van der Waals surface area contributed by atoms with E-state index in [1.807, 2.05) is 6.92 Å². The van der Waals surface area contributed by atoms with Crippen LogP contribution in [-0.4, -0.2) is 39.2 Å². The van der Waals surface area contributed by atoms with Crippen LogP contribution in [0.3, 0.4) is 0 Å². The number of hydrogen-bond donors (Lipinski definition) is 2. The van der Waals surface area contributed by atoms with Gasteiger partial charge in [-0.2, -0.15) is 10.3 Å². The summed E-state index contributed by atoms with van der Waals surface area (Å²) in [6.45, 7) is 2.66. The maximum absolute atomic E-state index is 10.8. The summed E-state index contributed by atoms with van der Waals surface area (Å²) in [7, 11) is 0. The molecule has 1 aliphatic rings. The average molecular weight is 211 g/mol. The van der Waals surface area contributed by atoms with Gasteiger partial charge in [0, 0.05) is 12.5 Å². The van der Waals surface area contributed by atoms with Crippen LogP contribution in [0, 0.1) is 0 Å². The summed E-state index contributed by atoms with van der Waals surface area (Å²) in [6, 6.07) is 0. The van der Waals surface area contributed by atoms with Gasteiger partial charge in [-0.1, -0.05) is 6.92 Å². The molecule has 0 aliphatic carbocycles. The van der Waals surface area contributed by atoms with Crippen molar-refractivity contribution < 1.29 is 14.6 Å². The van der Waals surface area contributed by atoms with Gasteiger partial charge in [-0.3, -0.25) is 0 Å². The van der Waals surface area contributed by atoms with Crippen LogP contribution in [0.25, 0.3) is 0 Å². The lowest BCUT2D eigenvalue weighted by atomic mass is 9.97. The first-order valence-corrected chi connectivity index (χ1v) is 4.95. The van der Waals surface area contributed by atoms with Crippen molar-refractivity contribution in [1.29, 1.82) is 0 Å². The van der Waals surface area contributed by atoms with Gasteiger partial charge in [0.2, 0.25) is 0 Å². The largest absolute Gasteiger partial charge is 0.476 e. The van der Waals surface area contributed by atoms with E-state index in [4.69, 9.17) is 9.84 Å². The topological polar surface area (TPSA) is 88.1 Å². The molecule has 0 spiro atoms. The standard InChI is InChI=1S/C9H13N3O3/c1-5(6-3-2-4-15-6)7-8(9(13)14)11-12-10-7/h5-6H,2-4H2,1H3,(H,13,14)(H,10,11,12). The smallest absolute Gasteiger partial charge is 0.358 e. The van der Waals surface area contributed by atoms with Crippen LogP contribution >= 0.6 is 0 Å². The highest BCUT2D eigenvalue weighted by molar-refractivity contribution is 5.86. The van der Waals surface area contributed by atoms with E-state index >= 15 is 0 Å². The van der Waals surface area contributed by atoms with Crippen molar-refractivity contribution >= 4 is 5.97 Å². The second-order valence-corrected chi connectivity index (χ2v) is 3.70. The van der Waals surface area contributed by atoms with Gasteiger partial charge in [0.15, 0.2) is 5.69 Å². The number of hydrogen-bond acceptors (Lipinski definition) is 4. The van der Waals surface area contributed by atoms with E-state index < -0.39 is 5.97 Å². The molecule has 0 saturated carbocycles. The highest BCUT2D eigenvalue weighted by Crippen LogP contribution is 2.28. The summed E-state index contributed by atoms with van der Waals surface area (Å²) in [5.74, 6) is -1.08. The number of carbonyl (C=O) groups is 1. The Balaban J connectivity index is 2.20. The molecule has 15 heavy (non-hydrogen) atoms. The first-order chi connectivity index (χ1) is 7.20. The molecule has 6 nitrogen and oxygen atoms in total. The predicted octanol–water partition coefficient (Wildman–Crippen LogP) is 0.785. The molecule has 82 valence electrons. The SMILES string of the molecule is CC(c1n[nH]nc1C(=O)O)C1CCCO1. The number of aromatic carboxylic acids is 1. The average Bonchev–Trinajstić information content (AvgIpc) is 2.88. The van der Waals surface area contributed by atoms with E-state index in [2.05, 4.69) is 15.4 Å². The molecule has 0 aromatic carbocycles. The molecule has 1 fully saturated rings. The monoisotopic (exact) mass is 211 g/mol. The Bertz CT molecular complexity index is 357. The summed E-state index contributed by atoms with van der Waals surface area (Å²) >= 11 is 0. The van der Waals surface area contributed by atoms with Crippen molar-refractivity contribution in [3.63, 3.8) is 0 Å². The number of rotatable bonds is 3. The third-order valence-corrected chi connectivity index (χ3v) is 2.73. The fourth-order valence-corrected chi connectivity index (χ4v) is 1.89. The van der Waals surface area contributed by atoms with Crippen LogP contribution in [0.5, 0.6) is 0 Å². The molecule has 2 unspecified atom stereocenters. The summed E-state index contributed by atoms with van der Waals surface area (Å²) in [6.07, 6.45) is 2.04. The Kier molecular flexibility index (Phi) is 2.68. The fourth-order valence-electron chi connectivity index (χ4n) is 1.89. The highest BCUT2D eigenvalue weighted by atomic mass is 16.5. The molecule has 0 bridgehead atoms. The first-order valence-electron chi connectivity index (χ1n) is 4.95. The number of carboxylic acid groups (broad SMARTS) is 1. The van der Waals surface area contributed by atoms with Crippen LogP contribution in [0.2, 0.25) is 0 Å². The number of nitrogens with zero attached hydrogens (tertiary/aromatic N) is 2. The molecule has 1 saturated heterocycles. The Labute approximate surface area is 86.6 Å². The zero-order valence-corrected chi connectivity index (χ0v) is 8.43. The van der Waals surface area contributed by atoms with Crippen molar-refractivity contribution in [3.8, 4) is 0 Å². The van der Waals surface area contributed by atoms with Gasteiger partial charge < -0.3 is 9.84 Å². The van der Waals surface area contributed by atoms with E-state index in [1.165, 1.54) is 0 Å². The van der Waals surface area contributed by atoms with Crippen molar-refractivity contribution in [2.24, 2.45) is 0 Å². The summed E-state index contributed by atoms with van der Waals surface area (Å²) in [5, 5.41) is 18.7. The molecule has 1 aromatic heterocycles. The minimum atomic E-state index is -1.05. The third kappa shape index (κ3) is 1.85. The molecule has 0 radical (unpaired) electrons. The van der Waals surface area contributed by atoms with Gasteiger partial charge in [-0.05, 0) is 12.8 Å². The zero-order chi connectivity index (χ0) is 10.8. The number of H-pyrrole nitrogens is 1. The number of nitrogens with one attached hydrogen (secondary N) is 1. The lowest BCUT2D eigenvalue weighted by Crippen LogP contribution is -2.17. The zero-order valence-electron chi connectivity index (χ0n) is 8.43. The van der Waals surface area contributed by atoms with Crippen LogP contribution in [0.4, 0.5) is 0 Å². The highest BCUT2D eigenvalue weighted by Gasteiger charge is 2.29. The summed E-state index contributed by atoms with van der Waals surface area (Å²) < 4.78 is 5.50. The Hall–Kier alpha value is -1.43. The van der Waals surface area contributed by atoms with E-state index in [0.29, 0.717) is 5.69 Å². The second kappa shape index (κ2) is 3.98. The summed E-state index contributed by atoms with van der Waals surface area (Å²) in [4.78, 5) is 10.8. The molecule has 1 aromatic rings. The molecular weight excluding hydrogens is 198 g/mol. The number of ether oxygens (including phenoxy) is 1. The quantitative estimate of drug-likeness (QED) is 0.771. The van der Waals surface area contributed by atoms with E-state index in [0.717, 1.165) is 19.4 Å². The Morgan fingerprint density at radius 2 is 2.47 bits per heavy atom. The van der Waals surface area contributed by atoms with E-state index in [-0.39, 0.29) is 17.7 Å². The number of carboxylic acids is 1. The molecule has 2 heterocycles. The maximum Gasteiger partial charge on any atom is 0.358 e. The number of aromatic nitrogens is 3. The fraction of sp³-hybridized carbons (Fsp3) is 0.667. The van der Waals surface area contributed by atoms with Crippen LogP contribution in [-0.2, 0) is 4.74 Å². The minimum Gasteiger partial charge on any atom is -0.476 e. The molecule has 2 N–H and O–H groups in total. The van der Waals surface area contributed by atoms with E-state index in [9.17, 15) is 4.79 Å². The van der Waals surface area contributed by atoms with Crippen molar-refractivity contribution in [1.82, 2.24) is 15.4 Å². The van der Waals surface area contributed by atoms with Crippen LogP contribution < -0.4 is 0 Å². The van der Waals surface area contributed by atoms with Gasteiger partial charge in [0.1, 0.15) is 5.69 Å². The van der Waals surface area contributed by atoms with Crippen LogP contribution in [0.15, 0.2) is 0 Å². The predicted molar refractivity (Wildman–Crippen MR) is 50.7 cm³/mol. The molecule has 2 atom stereocenters. The van der Waals surface area contributed by atoms with Crippen LogP contribution in [0.1, 0.15) is 41.9 Å². The van der Waals surface area contributed by atoms with Crippen molar-refractivity contribution in [2.75, 3.05) is 6.61 Å². The lowest BCUT2D eigenvalue weighted by Gasteiger charge is -2.16. The molecule has 1 aliphatic heterocycles. The van der Waals surface area contributed by atoms with Gasteiger partial charge in [-0.25, -0.2) is 4.79 Å². The number of aromatic amines is 1. The third-order valence-electron chi connectivity index (χ3n) is 2.73. The van der Waals surface area contributed by atoms with Gasteiger partial charge in [-0.15, -0.1) is 5.10 Å². The van der Waals surface area contributed by atoms with Gasteiger partial charge in [0.05, 0.1) is 6.10 Å². The first kappa shape index (κ1) is 10.1. The normalized spacial score (nSPS) is 22.9. The maximum atomic E-state index is 10.8. The molecule has 0 amide bonds. The molecule has 6 heteroatoms. The molecular formula is C9H13N3O3. The van der Waals surface area contributed by atoms with E-state index in [1.54, 1.807) is 0 Å². The van der Waals surface area contributed by atoms with Gasteiger partial charge in [0.25, 0.3) is 0 Å².